The van der Waals surface area contributed by atoms with Crippen LogP contribution in [0.4, 0.5) is 5.95 Å². The standard InChI is InChI=1S/C17H17N3/c1-11-5-4-8-15-16(11)20(17(18)19-15)14-9-12-6-2-3-7-13(12)10-14/h2-8,14H,9-10H2,1H3,(H2,18,19). The number of benzene rings is 2. The third kappa shape index (κ3) is 1.56. The smallest absolute Gasteiger partial charge is 0.201 e. The van der Waals surface area contributed by atoms with Crippen molar-refractivity contribution in [3.05, 3.63) is 59.2 Å². The van der Waals surface area contributed by atoms with Gasteiger partial charge in [-0.3, -0.25) is 0 Å². The van der Waals surface area contributed by atoms with Crippen LogP contribution in [0.25, 0.3) is 11.0 Å². The van der Waals surface area contributed by atoms with E-state index in [1.807, 2.05) is 12.1 Å². The fraction of sp³-hybridized carbons (Fsp3) is 0.235. The van der Waals surface area contributed by atoms with Crippen molar-refractivity contribution in [1.82, 2.24) is 9.55 Å². The molecular weight excluding hydrogens is 246 g/mol. The number of aryl methyl sites for hydroxylation is 1. The molecule has 3 aromatic rings. The first-order chi connectivity index (χ1) is 9.74. The van der Waals surface area contributed by atoms with Crippen LogP contribution in [0.3, 0.4) is 0 Å². The maximum atomic E-state index is 6.19. The van der Waals surface area contributed by atoms with Gasteiger partial charge in [-0.25, -0.2) is 4.98 Å². The van der Waals surface area contributed by atoms with Crippen molar-refractivity contribution in [2.45, 2.75) is 25.8 Å². The molecule has 0 aliphatic heterocycles. The Morgan fingerprint density at radius 3 is 2.45 bits per heavy atom. The summed E-state index contributed by atoms with van der Waals surface area (Å²) in [7, 11) is 0. The number of nitrogens with zero attached hydrogens (tertiary/aromatic N) is 2. The minimum atomic E-state index is 0.387. The lowest BCUT2D eigenvalue weighted by Gasteiger charge is -2.15. The van der Waals surface area contributed by atoms with E-state index in [1.54, 1.807) is 0 Å². The highest BCUT2D eigenvalue weighted by atomic mass is 15.2. The van der Waals surface area contributed by atoms with Crippen LogP contribution in [0.15, 0.2) is 42.5 Å². The SMILES string of the molecule is Cc1cccc2nc(N)n(C3Cc4ccccc4C3)c12. The summed E-state index contributed by atoms with van der Waals surface area (Å²) in [4.78, 5) is 4.52. The summed E-state index contributed by atoms with van der Waals surface area (Å²) in [5.74, 6) is 0.632. The maximum absolute atomic E-state index is 6.19. The molecule has 1 aliphatic rings. The zero-order chi connectivity index (χ0) is 13.7. The van der Waals surface area contributed by atoms with Gasteiger partial charge >= 0.3 is 0 Å². The van der Waals surface area contributed by atoms with E-state index >= 15 is 0 Å². The highest BCUT2D eigenvalue weighted by Gasteiger charge is 2.26. The van der Waals surface area contributed by atoms with E-state index in [9.17, 15) is 0 Å². The van der Waals surface area contributed by atoms with Gasteiger partial charge in [0.05, 0.1) is 11.0 Å². The number of nitrogen functional groups attached to an aromatic ring is 1. The molecular formula is C17H17N3. The zero-order valence-electron chi connectivity index (χ0n) is 11.5. The molecule has 0 atom stereocenters. The number of imidazole rings is 1. The molecule has 0 saturated carbocycles. The first-order valence-corrected chi connectivity index (χ1v) is 7.04. The lowest BCUT2D eigenvalue weighted by Crippen LogP contribution is -2.12. The minimum absolute atomic E-state index is 0.387. The molecule has 3 heteroatoms. The summed E-state index contributed by atoms with van der Waals surface area (Å²) in [6.45, 7) is 2.13. The van der Waals surface area contributed by atoms with Crippen LogP contribution in [-0.2, 0) is 12.8 Å². The molecule has 0 bridgehead atoms. The topological polar surface area (TPSA) is 43.8 Å². The van der Waals surface area contributed by atoms with Gasteiger partial charge in [-0.05, 0) is 42.5 Å². The Balaban J connectivity index is 1.87. The van der Waals surface area contributed by atoms with Crippen molar-refractivity contribution in [3.8, 4) is 0 Å². The summed E-state index contributed by atoms with van der Waals surface area (Å²) in [6.07, 6.45) is 2.08. The average molecular weight is 263 g/mol. The Morgan fingerprint density at radius 1 is 1.05 bits per heavy atom. The van der Waals surface area contributed by atoms with Gasteiger partial charge in [0.2, 0.25) is 5.95 Å². The Kier molecular flexibility index (Phi) is 2.36. The number of anilines is 1. The number of aromatic nitrogens is 2. The number of hydrogen-bond donors (Lipinski definition) is 1. The van der Waals surface area contributed by atoms with Crippen molar-refractivity contribution in [3.63, 3.8) is 0 Å². The Labute approximate surface area is 118 Å². The Bertz CT molecular complexity index is 776. The molecule has 0 saturated heterocycles. The van der Waals surface area contributed by atoms with Crippen molar-refractivity contribution in [2.75, 3.05) is 5.73 Å². The maximum Gasteiger partial charge on any atom is 0.201 e. The molecule has 0 unspecified atom stereocenters. The number of fused-ring (bicyclic) bond motifs is 2. The van der Waals surface area contributed by atoms with E-state index in [2.05, 4.69) is 46.8 Å². The second-order valence-corrected chi connectivity index (χ2v) is 5.61. The number of rotatable bonds is 1. The predicted octanol–water partition coefficient (Wildman–Crippen LogP) is 3.27. The molecule has 0 spiro atoms. The van der Waals surface area contributed by atoms with Crippen LogP contribution in [0.2, 0.25) is 0 Å². The molecule has 20 heavy (non-hydrogen) atoms. The molecule has 100 valence electrons. The lowest BCUT2D eigenvalue weighted by atomic mass is 10.1. The molecule has 2 N–H and O–H groups in total. The van der Waals surface area contributed by atoms with Gasteiger partial charge in [-0.15, -0.1) is 0 Å². The second kappa shape index (κ2) is 4.10. The van der Waals surface area contributed by atoms with Gasteiger partial charge in [0.1, 0.15) is 0 Å². The predicted molar refractivity (Wildman–Crippen MR) is 81.8 cm³/mol. The molecule has 3 nitrogen and oxygen atoms in total. The van der Waals surface area contributed by atoms with Crippen LogP contribution < -0.4 is 5.73 Å². The Hall–Kier alpha value is -2.29. The van der Waals surface area contributed by atoms with Gasteiger partial charge in [-0.2, -0.15) is 0 Å². The molecule has 1 aliphatic carbocycles. The summed E-state index contributed by atoms with van der Waals surface area (Å²) >= 11 is 0. The number of para-hydroxylation sites is 1. The van der Waals surface area contributed by atoms with E-state index in [1.165, 1.54) is 22.2 Å². The largest absolute Gasteiger partial charge is 0.369 e. The van der Waals surface area contributed by atoms with Gasteiger partial charge < -0.3 is 10.3 Å². The van der Waals surface area contributed by atoms with Gasteiger partial charge in [0.15, 0.2) is 0 Å². The van der Waals surface area contributed by atoms with E-state index in [0.717, 1.165) is 18.4 Å². The van der Waals surface area contributed by atoms with E-state index in [4.69, 9.17) is 5.73 Å². The first kappa shape index (κ1) is 11.5. The molecule has 0 fully saturated rings. The molecule has 4 rings (SSSR count). The fourth-order valence-electron chi connectivity index (χ4n) is 3.43. The van der Waals surface area contributed by atoms with Gasteiger partial charge in [-0.1, -0.05) is 36.4 Å². The van der Waals surface area contributed by atoms with Gasteiger partial charge in [0.25, 0.3) is 0 Å². The normalized spacial score (nSPS) is 14.8. The second-order valence-electron chi connectivity index (χ2n) is 5.61. The van der Waals surface area contributed by atoms with Crippen molar-refractivity contribution < 1.29 is 0 Å². The summed E-state index contributed by atoms with van der Waals surface area (Å²) in [5, 5.41) is 0. The van der Waals surface area contributed by atoms with Crippen LogP contribution in [0.1, 0.15) is 22.7 Å². The highest BCUT2D eigenvalue weighted by molar-refractivity contribution is 5.81. The van der Waals surface area contributed by atoms with Crippen molar-refractivity contribution in [2.24, 2.45) is 0 Å². The van der Waals surface area contributed by atoms with Crippen LogP contribution in [-0.4, -0.2) is 9.55 Å². The monoisotopic (exact) mass is 263 g/mol. The lowest BCUT2D eigenvalue weighted by molar-refractivity contribution is 0.550. The summed E-state index contributed by atoms with van der Waals surface area (Å²) in [6, 6.07) is 15.3. The first-order valence-electron chi connectivity index (χ1n) is 7.04. The highest BCUT2D eigenvalue weighted by Crippen LogP contribution is 2.35. The molecule has 0 amide bonds. The zero-order valence-corrected chi connectivity index (χ0v) is 11.5. The average Bonchev–Trinajstić information content (AvgIpc) is 2.99. The quantitative estimate of drug-likeness (QED) is 0.732. The summed E-state index contributed by atoms with van der Waals surface area (Å²) < 4.78 is 2.23. The fourth-order valence-corrected chi connectivity index (χ4v) is 3.43. The van der Waals surface area contributed by atoms with E-state index < -0.39 is 0 Å². The summed E-state index contributed by atoms with van der Waals surface area (Å²) in [5.41, 5.74) is 12.5. The molecule has 0 radical (unpaired) electrons. The van der Waals surface area contributed by atoms with Crippen LogP contribution in [0.5, 0.6) is 0 Å². The Morgan fingerprint density at radius 2 is 1.75 bits per heavy atom. The van der Waals surface area contributed by atoms with E-state index in [-0.39, 0.29) is 0 Å². The minimum Gasteiger partial charge on any atom is -0.369 e. The van der Waals surface area contributed by atoms with Crippen LogP contribution >= 0.6 is 0 Å². The van der Waals surface area contributed by atoms with Crippen LogP contribution in [0, 0.1) is 6.92 Å². The molecule has 1 heterocycles. The third-order valence-corrected chi connectivity index (χ3v) is 4.33. The molecule has 1 aromatic heterocycles. The molecule has 2 aromatic carbocycles. The number of hydrogen-bond acceptors (Lipinski definition) is 2. The van der Waals surface area contributed by atoms with Crippen molar-refractivity contribution >= 4 is 17.0 Å². The third-order valence-electron chi connectivity index (χ3n) is 4.33. The van der Waals surface area contributed by atoms with E-state index in [0.29, 0.717) is 12.0 Å². The van der Waals surface area contributed by atoms with Gasteiger partial charge in [0, 0.05) is 6.04 Å². The van der Waals surface area contributed by atoms with Crippen molar-refractivity contribution in [1.29, 1.82) is 0 Å². The number of nitrogens with two attached hydrogens (primary N) is 1.